The molecule has 0 bridgehead atoms. The molecule has 1 saturated carbocycles. The highest BCUT2D eigenvalue weighted by atomic mass is 16.3. The number of phenols is 1. The maximum absolute atomic E-state index is 13.6. The fourth-order valence-electron chi connectivity index (χ4n) is 5.15. The van der Waals surface area contributed by atoms with E-state index < -0.39 is 5.56 Å². The predicted molar refractivity (Wildman–Crippen MR) is 112 cm³/mol. The van der Waals surface area contributed by atoms with Gasteiger partial charge in [0.25, 0.3) is 5.56 Å². The van der Waals surface area contributed by atoms with Gasteiger partial charge in [-0.3, -0.25) is 9.59 Å². The summed E-state index contributed by atoms with van der Waals surface area (Å²) in [5.74, 6) is 0.458. The number of aromatic hydroxyl groups is 2. The maximum atomic E-state index is 13.6. The van der Waals surface area contributed by atoms with Crippen LogP contribution in [0.25, 0.3) is 11.1 Å². The predicted octanol–water partition coefficient (Wildman–Crippen LogP) is 4.51. The monoisotopic (exact) mass is 393 g/mol. The molecule has 1 aromatic heterocycles. The van der Waals surface area contributed by atoms with Crippen molar-refractivity contribution in [2.24, 2.45) is 29.6 Å². The van der Waals surface area contributed by atoms with E-state index >= 15 is 0 Å². The number of nitrogens with one attached hydrogen (secondary N) is 1. The van der Waals surface area contributed by atoms with Gasteiger partial charge < -0.3 is 15.2 Å². The molecule has 0 amide bonds. The van der Waals surface area contributed by atoms with Crippen LogP contribution < -0.4 is 5.56 Å². The molecule has 0 aliphatic heterocycles. The summed E-state index contributed by atoms with van der Waals surface area (Å²) in [6, 6.07) is 6.29. The molecule has 4 rings (SSSR count). The lowest BCUT2D eigenvalue weighted by molar-refractivity contribution is 0.0688. The summed E-state index contributed by atoms with van der Waals surface area (Å²) in [4.78, 5) is 28.8. The topological polar surface area (TPSA) is 90.4 Å². The van der Waals surface area contributed by atoms with Crippen molar-refractivity contribution in [2.45, 2.75) is 33.1 Å². The van der Waals surface area contributed by atoms with Crippen molar-refractivity contribution >= 4 is 5.78 Å². The largest absolute Gasteiger partial charge is 0.508 e. The fraction of sp³-hybridized carbons (Fsp3) is 0.417. The Bertz CT molecular complexity index is 1000. The maximum Gasteiger partial charge on any atom is 0.262 e. The fourth-order valence-corrected chi connectivity index (χ4v) is 5.15. The van der Waals surface area contributed by atoms with Crippen LogP contribution in [0.2, 0.25) is 0 Å². The number of carbonyl (C=O) groups is 1. The van der Waals surface area contributed by atoms with Crippen LogP contribution in [-0.4, -0.2) is 21.0 Å². The number of rotatable bonds is 3. The van der Waals surface area contributed by atoms with Gasteiger partial charge in [-0.2, -0.15) is 0 Å². The average molecular weight is 393 g/mol. The van der Waals surface area contributed by atoms with E-state index in [4.69, 9.17) is 0 Å². The number of carbonyl (C=O) groups excluding carboxylic acids is 1. The van der Waals surface area contributed by atoms with Gasteiger partial charge in [0.2, 0.25) is 0 Å². The molecule has 0 radical (unpaired) electrons. The van der Waals surface area contributed by atoms with E-state index in [0.717, 1.165) is 19.3 Å². The van der Waals surface area contributed by atoms with Gasteiger partial charge in [-0.25, -0.2) is 0 Å². The van der Waals surface area contributed by atoms with E-state index in [9.17, 15) is 19.8 Å². The third-order valence-corrected chi connectivity index (χ3v) is 6.70. The van der Waals surface area contributed by atoms with E-state index in [0.29, 0.717) is 23.0 Å². The third-order valence-electron chi connectivity index (χ3n) is 6.70. The Labute approximate surface area is 170 Å². The van der Waals surface area contributed by atoms with Gasteiger partial charge in [0.1, 0.15) is 17.1 Å². The number of pyridine rings is 1. The number of Topliss-reactive ketones (excluding diaryl/α,β-unsaturated/α-hetero) is 1. The number of aromatic amines is 1. The zero-order valence-electron chi connectivity index (χ0n) is 16.8. The van der Waals surface area contributed by atoms with Crippen LogP contribution in [0.3, 0.4) is 0 Å². The van der Waals surface area contributed by atoms with Crippen molar-refractivity contribution in [1.82, 2.24) is 4.98 Å². The molecule has 2 aliphatic rings. The summed E-state index contributed by atoms with van der Waals surface area (Å²) in [7, 11) is 0. The summed E-state index contributed by atoms with van der Waals surface area (Å²) in [5, 5.41) is 20.4. The van der Waals surface area contributed by atoms with Crippen LogP contribution in [-0.2, 0) is 0 Å². The van der Waals surface area contributed by atoms with Gasteiger partial charge in [0, 0.05) is 17.7 Å². The van der Waals surface area contributed by atoms with Gasteiger partial charge in [0.05, 0.1) is 0 Å². The standard InChI is InChI=1S/C24H27NO4/c1-13-3-10-18-16(11-13)5-4-14(2)20(18)23(28)21-22(27)19(12-25-24(21)29)15-6-8-17(26)9-7-15/h4-9,12-14,16,18,20,26H,3,10-11H2,1-2H3,(H2,25,27,29)/t13-,14-,16-,18-,20-/m1/s1. The minimum Gasteiger partial charge on any atom is -0.508 e. The van der Waals surface area contributed by atoms with Gasteiger partial charge in [-0.15, -0.1) is 0 Å². The van der Waals surface area contributed by atoms with E-state index in [2.05, 4.69) is 24.1 Å². The van der Waals surface area contributed by atoms with Crippen molar-refractivity contribution in [3.63, 3.8) is 0 Å². The second-order valence-electron chi connectivity index (χ2n) is 8.68. The van der Waals surface area contributed by atoms with Crippen molar-refractivity contribution < 1.29 is 15.0 Å². The van der Waals surface area contributed by atoms with Crippen molar-refractivity contribution in [2.75, 3.05) is 0 Å². The number of hydrogen-bond acceptors (Lipinski definition) is 4. The Balaban J connectivity index is 1.75. The number of ketones is 1. The molecule has 2 aromatic rings. The molecule has 5 heteroatoms. The molecule has 2 aliphatic carbocycles. The summed E-state index contributed by atoms with van der Waals surface area (Å²) in [5.41, 5.74) is 0.282. The first kappa shape index (κ1) is 19.5. The highest BCUT2D eigenvalue weighted by Gasteiger charge is 2.42. The van der Waals surface area contributed by atoms with Gasteiger partial charge in [-0.05, 0) is 54.2 Å². The van der Waals surface area contributed by atoms with Crippen LogP contribution >= 0.6 is 0 Å². The minimum absolute atomic E-state index is 0.0216. The summed E-state index contributed by atoms with van der Waals surface area (Å²) < 4.78 is 0. The number of aromatic nitrogens is 1. The third kappa shape index (κ3) is 3.50. The van der Waals surface area contributed by atoms with Crippen molar-refractivity contribution in [3.8, 4) is 22.6 Å². The van der Waals surface area contributed by atoms with Crippen molar-refractivity contribution in [1.29, 1.82) is 0 Å². The number of hydrogen-bond donors (Lipinski definition) is 3. The van der Waals surface area contributed by atoms with Crippen LogP contribution in [0.15, 0.2) is 47.4 Å². The summed E-state index contributed by atoms with van der Waals surface area (Å²) in [6.45, 7) is 4.26. The van der Waals surface area contributed by atoms with Crippen LogP contribution in [0.1, 0.15) is 43.5 Å². The first-order chi connectivity index (χ1) is 13.9. The summed E-state index contributed by atoms with van der Waals surface area (Å²) in [6.07, 6.45) is 8.86. The van der Waals surface area contributed by atoms with E-state index in [1.807, 2.05) is 6.92 Å². The van der Waals surface area contributed by atoms with Crippen LogP contribution in [0.5, 0.6) is 11.5 Å². The number of H-pyrrole nitrogens is 1. The molecule has 1 heterocycles. The van der Waals surface area contributed by atoms with E-state index in [1.165, 1.54) is 18.3 Å². The molecule has 0 saturated heterocycles. The minimum atomic E-state index is -0.558. The number of phenolic OH excluding ortho intramolecular Hbond substituents is 1. The molecule has 3 N–H and O–H groups in total. The smallest absolute Gasteiger partial charge is 0.262 e. The Hall–Kier alpha value is -2.82. The van der Waals surface area contributed by atoms with Crippen LogP contribution in [0, 0.1) is 29.6 Å². The molecular weight excluding hydrogens is 366 g/mol. The number of fused-ring (bicyclic) bond motifs is 1. The average Bonchev–Trinajstić information content (AvgIpc) is 2.69. The molecule has 0 spiro atoms. The number of benzene rings is 1. The van der Waals surface area contributed by atoms with E-state index in [-0.39, 0.29) is 40.6 Å². The van der Waals surface area contributed by atoms with Gasteiger partial charge in [-0.1, -0.05) is 44.6 Å². The highest BCUT2D eigenvalue weighted by molar-refractivity contribution is 6.02. The lowest BCUT2D eigenvalue weighted by Crippen LogP contribution is -2.40. The lowest BCUT2D eigenvalue weighted by Gasteiger charge is -2.42. The Kier molecular flexibility index (Phi) is 5.07. The zero-order chi connectivity index (χ0) is 20.7. The lowest BCUT2D eigenvalue weighted by atomic mass is 9.61. The van der Waals surface area contributed by atoms with Gasteiger partial charge in [0.15, 0.2) is 5.78 Å². The molecule has 1 aromatic carbocycles. The zero-order valence-corrected chi connectivity index (χ0v) is 16.8. The number of allylic oxidation sites excluding steroid dienone is 2. The van der Waals surface area contributed by atoms with E-state index in [1.54, 1.807) is 12.1 Å². The normalized spacial score (nSPS) is 28.7. The second kappa shape index (κ2) is 7.54. The molecular formula is C24H27NO4. The Morgan fingerprint density at radius 1 is 1.07 bits per heavy atom. The van der Waals surface area contributed by atoms with Crippen molar-refractivity contribution in [3.05, 3.63) is 58.5 Å². The Morgan fingerprint density at radius 2 is 1.79 bits per heavy atom. The molecule has 5 atom stereocenters. The highest BCUT2D eigenvalue weighted by Crippen LogP contribution is 2.46. The molecule has 1 fully saturated rings. The van der Waals surface area contributed by atoms with Gasteiger partial charge >= 0.3 is 0 Å². The molecule has 5 nitrogen and oxygen atoms in total. The first-order valence-corrected chi connectivity index (χ1v) is 10.3. The Morgan fingerprint density at radius 3 is 2.52 bits per heavy atom. The summed E-state index contributed by atoms with van der Waals surface area (Å²) >= 11 is 0. The second-order valence-corrected chi connectivity index (χ2v) is 8.68. The first-order valence-electron chi connectivity index (χ1n) is 10.3. The SMILES string of the molecule is C[C@@H]1CC[C@H]2[C@H](C(=O)c3c(O)c(-c4ccc(O)cc4)c[nH]c3=O)[C@H](C)C=C[C@@H]2C1. The quantitative estimate of drug-likeness (QED) is 0.529. The molecule has 29 heavy (non-hydrogen) atoms. The molecule has 152 valence electrons. The van der Waals surface area contributed by atoms with Crippen LogP contribution in [0.4, 0.5) is 0 Å². The molecule has 0 unspecified atom stereocenters.